The highest BCUT2D eigenvalue weighted by atomic mass is 16.4. The van der Waals surface area contributed by atoms with E-state index in [0.717, 1.165) is 0 Å². The van der Waals surface area contributed by atoms with E-state index in [2.05, 4.69) is 4.99 Å². The van der Waals surface area contributed by atoms with Gasteiger partial charge in [-0.2, -0.15) is 0 Å². The Labute approximate surface area is 40.7 Å². The van der Waals surface area contributed by atoms with Gasteiger partial charge < -0.3 is 5.11 Å². The Kier molecular flexibility index (Phi) is 0.817. The summed E-state index contributed by atoms with van der Waals surface area (Å²) in [7, 11) is 0. The average Bonchev–Trinajstić information content (AvgIpc) is 1.23. The van der Waals surface area contributed by atoms with E-state index in [1.165, 1.54) is 0 Å². The maximum atomic E-state index is 9.87. The number of hydrogen-bond donors (Lipinski definition) is 1. The first kappa shape index (κ1) is 4.30. The molecule has 0 bridgehead atoms. The fourth-order valence-electron chi connectivity index (χ4n) is 0.375. The zero-order valence-corrected chi connectivity index (χ0v) is 3.66. The summed E-state index contributed by atoms with van der Waals surface area (Å²) in [5, 5.41) is 8.12. The van der Waals surface area contributed by atoms with E-state index in [4.69, 9.17) is 5.11 Å². The predicted molar refractivity (Wildman–Crippen MR) is 24.5 cm³/mol. The Balaban J connectivity index is 2.44. The summed E-state index contributed by atoms with van der Waals surface area (Å²) in [4.78, 5) is 13.4. The van der Waals surface area contributed by atoms with Gasteiger partial charge in [-0.25, -0.2) is 4.79 Å². The van der Waals surface area contributed by atoms with Crippen LogP contribution in [0.5, 0.6) is 0 Å². The van der Waals surface area contributed by atoms with Crippen molar-refractivity contribution < 1.29 is 9.90 Å². The predicted octanol–water partition coefficient (Wildman–Crippen LogP) is -0.0859. The van der Waals surface area contributed by atoms with E-state index in [-0.39, 0.29) is 0 Å². The van der Waals surface area contributed by atoms with Crippen molar-refractivity contribution in [1.82, 2.24) is 0 Å². The van der Waals surface area contributed by atoms with E-state index in [1.54, 1.807) is 6.21 Å². The topological polar surface area (TPSA) is 49.7 Å². The van der Waals surface area contributed by atoms with Gasteiger partial charge in [0.2, 0.25) is 0 Å². The van der Waals surface area contributed by atoms with Crippen molar-refractivity contribution in [2.75, 3.05) is 0 Å². The number of aliphatic imine (C=N–C) groups is 1. The number of carboxylic acids is 1. The lowest BCUT2D eigenvalue weighted by Gasteiger charge is -2.09. The molecule has 0 aliphatic carbocycles. The van der Waals surface area contributed by atoms with Crippen molar-refractivity contribution in [3.8, 4) is 0 Å². The molecule has 1 rings (SSSR count). The lowest BCUT2D eigenvalue weighted by Crippen LogP contribution is -2.24. The molecule has 1 atom stereocenters. The maximum absolute atomic E-state index is 9.87. The molecule has 1 aliphatic rings. The zero-order chi connectivity index (χ0) is 5.28. The number of nitrogens with zero attached hydrogens (tertiary/aromatic N) is 1. The van der Waals surface area contributed by atoms with Crippen LogP contribution in [0.1, 0.15) is 6.42 Å². The molecule has 0 amide bonds. The van der Waals surface area contributed by atoms with Crippen molar-refractivity contribution in [2.24, 2.45) is 4.99 Å². The summed E-state index contributed by atoms with van der Waals surface area (Å²) >= 11 is 0. The smallest absolute Gasteiger partial charge is 0.328 e. The van der Waals surface area contributed by atoms with Crippen LogP contribution in [0.25, 0.3) is 0 Å². The molecular weight excluding hydrogens is 94.0 g/mol. The summed E-state index contributed by atoms with van der Waals surface area (Å²) in [6.45, 7) is 0. The first-order chi connectivity index (χ1) is 3.30. The Morgan fingerprint density at radius 1 is 2.00 bits per heavy atom. The SMILES string of the molecule is O=C(O)C1CC=N1. The molecule has 1 unspecified atom stereocenters. The average molecular weight is 99.1 g/mol. The summed E-state index contributed by atoms with van der Waals surface area (Å²) < 4.78 is 0. The minimum Gasteiger partial charge on any atom is -0.480 e. The highest BCUT2D eigenvalue weighted by Gasteiger charge is 2.18. The molecule has 3 heteroatoms. The summed E-state index contributed by atoms with van der Waals surface area (Å²) in [6, 6.07) is -0.431. The molecule has 38 valence electrons. The van der Waals surface area contributed by atoms with Gasteiger partial charge >= 0.3 is 5.97 Å². The number of hydrogen-bond acceptors (Lipinski definition) is 2. The molecule has 0 spiro atoms. The molecule has 0 saturated carbocycles. The van der Waals surface area contributed by atoms with Crippen LogP contribution >= 0.6 is 0 Å². The lowest BCUT2D eigenvalue weighted by atomic mass is 10.2. The molecule has 0 aromatic carbocycles. The second-order valence-corrected chi connectivity index (χ2v) is 1.42. The van der Waals surface area contributed by atoms with E-state index in [1.807, 2.05) is 0 Å². The van der Waals surface area contributed by atoms with Gasteiger partial charge in [0.25, 0.3) is 0 Å². The van der Waals surface area contributed by atoms with Crippen LogP contribution in [0.2, 0.25) is 0 Å². The molecule has 3 nitrogen and oxygen atoms in total. The van der Waals surface area contributed by atoms with Crippen LogP contribution in [-0.4, -0.2) is 23.3 Å². The van der Waals surface area contributed by atoms with Gasteiger partial charge in [0.05, 0.1) is 0 Å². The number of carbonyl (C=O) groups is 1. The molecular formula is C4H5NO2. The molecule has 0 fully saturated rings. The maximum Gasteiger partial charge on any atom is 0.328 e. The fourth-order valence-corrected chi connectivity index (χ4v) is 0.375. The molecule has 1 N–H and O–H groups in total. The quantitative estimate of drug-likeness (QED) is 0.499. The van der Waals surface area contributed by atoms with E-state index < -0.39 is 12.0 Å². The van der Waals surface area contributed by atoms with E-state index in [9.17, 15) is 4.79 Å². The minimum atomic E-state index is -0.817. The van der Waals surface area contributed by atoms with Gasteiger partial charge in [0.1, 0.15) is 0 Å². The Bertz CT molecular complexity index is 119. The molecule has 0 saturated heterocycles. The third kappa shape index (κ3) is 0.607. The van der Waals surface area contributed by atoms with Gasteiger partial charge in [-0.05, 0) is 0 Å². The Morgan fingerprint density at radius 3 is 2.57 bits per heavy atom. The molecule has 1 aliphatic heterocycles. The van der Waals surface area contributed by atoms with E-state index in [0.29, 0.717) is 6.42 Å². The summed E-state index contributed by atoms with van der Waals surface area (Å²) in [5.41, 5.74) is 0. The standard InChI is InChI=1S/C4H5NO2/c6-4(7)3-1-2-5-3/h2-3H,1H2,(H,6,7). The van der Waals surface area contributed by atoms with Crippen LogP contribution in [0.4, 0.5) is 0 Å². The van der Waals surface area contributed by atoms with Crippen molar-refractivity contribution in [2.45, 2.75) is 12.5 Å². The van der Waals surface area contributed by atoms with Gasteiger partial charge in [-0.15, -0.1) is 0 Å². The summed E-state index contributed by atoms with van der Waals surface area (Å²) in [6.07, 6.45) is 2.22. The highest BCUT2D eigenvalue weighted by Crippen LogP contribution is 2.03. The number of aliphatic carboxylic acids is 1. The van der Waals surface area contributed by atoms with Crippen LogP contribution in [0.3, 0.4) is 0 Å². The van der Waals surface area contributed by atoms with Crippen LogP contribution in [0.15, 0.2) is 4.99 Å². The second kappa shape index (κ2) is 1.33. The van der Waals surface area contributed by atoms with Crippen molar-refractivity contribution in [3.63, 3.8) is 0 Å². The van der Waals surface area contributed by atoms with Crippen LogP contribution in [0, 0.1) is 0 Å². The van der Waals surface area contributed by atoms with Crippen LogP contribution < -0.4 is 0 Å². The Morgan fingerprint density at radius 2 is 2.57 bits per heavy atom. The molecule has 1 heterocycles. The number of carboxylic acid groups (broad SMARTS) is 1. The van der Waals surface area contributed by atoms with Gasteiger partial charge in [-0.1, -0.05) is 0 Å². The van der Waals surface area contributed by atoms with Crippen LogP contribution in [-0.2, 0) is 4.79 Å². The first-order valence-electron chi connectivity index (χ1n) is 2.05. The second-order valence-electron chi connectivity index (χ2n) is 1.42. The van der Waals surface area contributed by atoms with Crippen molar-refractivity contribution in [3.05, 3.63) is 0 Å². The highest BCUT2D eigenvalue weighted by molar-refractivity contribution is 5.84. The van der Waals surface area contributed by atoms with Gasteiger partial charge in [-0.3, -0.25) is 4.99 Å². The zero-order valence-electron chi connectivity index (χ0n) is 3.66. The largest absolute Gasteiger partial charge is 0.480 e. The monoisotopic (exact) mass is 99.0 g/mol. The molecule has 0 aromatic rings. The molecule has 7 heavy (non-hydrogen) atoms. The normalized spacial score (nSPS) is 26.6. The fraction of sp³-hybridized carbons (Fsp3) is 0.500. The van der Waals surface area contributed by atoms with Gasteiger partial charge in [0, 0.05) is 12.6 Å². The van der Waals surface area contributed by atoms with Crippen molar-refractivity contribution >= 4 is 12.2 Å². The van der Waals surface area contributed by atoms with E-state index >= 15 is 0 Å². The van der Waals surface area contributed by atoms with Crippen molar-refractivity contribution in [1.29, 1.82) is 0 Å². The first-order valence-corrected chi connectivity index (χ1v) is 2.05. The lowest BCUT2D eigenvalue weighted by molar-refractivity contribution is -0.138. The third-order valence-corrected chi connectivity index (χ3v) is 0.899. The van der Waals surface area contributed by atoms with Gasteiger partial charge in [0.15, 0.2) is 6.04 Å². The minimum absolute atomic E-state index is 0.431. The Hall–Kier alpha value is -0.860. The molecule has 0 aromatic heterocycles. The molecule has 0 radical (unpaired) electrons. The number of rotatable bonds is 1. The summed E-state index contributed by atoms with van der Waals surface area (Å²) in [5.74, 6) is -0.817. The third-order valence-electron chi connectivity index (χ3n) is 0.899.